The molecule has 2 rings (SSSR count). The first-order valence-corrected chi connectivity index (χ1v) is 7.17. The first-order chi connectivity index (χ1) is 8.29. The molecule has 17 heavy (non-hydrogen) atoms. The molecule has 1 aliphatic rings. The van der Waals surface area contributed by atoms with Gasteiger partial charge in [-0.3, -0.25) is 4.79 Å². The summed E-state index contributed by atoms with van der Waals surface area (Å²) in [6.07, 6.45) is 4.11. The zero-order valence-corrected chi connectivity index (χ0v) is 10.8. The van der Waals surface area contributed by atoms with E-state index in [4.69, 9.17) is 0 Å². The summed E-state index contributed by atoms with van der Waals surface area (Å²) in [5.41, 5.74) is 0.896. The lowest BCUT2D eigenvalue weighted by Gasteiger charge is -2.21. The lowest BCUT2D eigenvalue weighted by molar-refractivity contribution is -0.120. The van der Waals surface area contributed by atoms with Crippen LogP contribution >= 0.6 is 11.8 Å². The highest BCUT2D eigenvalue weighted by atomic mass is 32.2. The number of piperidine rings is 1. The largest absolute Gasteiger partial charge is 0.326 e. The Morgan fingerprint density at radius 2 is 2.41 bits per heavy atom. The van der Waals surface area contributed by atoms with Gasteiger partial charge in [-0.05, 0) is 43.8 Å². The Balaban J connectivity index is 1.96. The van der Waals surface area contributed by atoms with Crippen LogP contribution in [0.4, 0.5) is 5.69 Å². The van der Waals surface area contributed by atoms with E-state index in [9.17, 15) is 4.79 Å². The van der Waals surface area contributed by atoms with E-state index in [0.717, 1.165) is 31.6 Å². The van der Waals surface area contributed by atoms with E-state index < -0.39 is 0 Å². The van der Waals surface area contributed by atoms with Crippen molar-refractivity contribution in [2.45, 2.75) is 17.7 Å². The van der Waals surface area contributed by atoms with Gasteiger partial charge in [-0.2, -0.15) is 0 Å². The molecule has 1 unspecified atom stereocenters. The normalized spacial score (nSPS) is 19.9. The molecule has 0 saturated carbocycles. The molecule has 0 bridgehead atoms. The molecule has 1 aromatic carbocycles. The molecule has 92 valence electrons. The molecule has 1 atom stereocenters. The summed E-state index contributed by atoms with van der Waals surface area (Å²) in [7, 11) is 0. The van der Waals surface area contributed by atoms with Gasteiger partial charge in [0, 0.05) is 17.1 Å². The predicted octanol–water partition coefficient (Wildman–Crippen LogP) is 2.35. The van der Waals surface area contributed by atoms with Crippen LogP contribution in [0.15, 0.2) is 29.2 Å². The fourth-order valence-electron chi connectivity index (χ4n) is 2.02. The van der Waals surface area contributed by atoms with Crippen molar-refractivity contribution in [3.8, 4) is 0 Å². The maximum atomic E-state index is 12.0. The molecule has 1 amide bonds. The number of carbonyl (C=O) groups excluding carboxylic acids is 1. The van der Waals surface area contributed by atoms with E-state index in [0.29, 0.717) is 0 Å². The standard InChI is InChI=1S/C13H18N2OS/c1-17-12-6-2-5-11(8-12)15-13(16)10-4-3-7-14-9-10/h2,5-6,8,10,14H,3-4,7,9H2,1H3,(H,15,16). The summed E-state index contributed by atoms with van der Waals surface area (Å²) in [5, 5.41) is 6.25. The summed E-state index contributed by atoms with van der Waals surface area (Å²) in [5.74, 6) is 0.247. The van der Waals surface area contributed by atoms with Crippen LogP contribution in [-0.4, -0.2) is 25.3 Å². The number of thioether (sulfide) groups is 1. The maximum absolute atomic E-state index is 12.0. The molecule has 0 aliphatic carbocycles. The zero-order valence-electron chi connectivity index (χ0n) is 10.0. The van der Waals surface area contributed by atoms with E-state index in [1.165, 1.54) is 4.90 Å². The predicted molar refractivity (Wildman–Crippen MR) is 72.4 cm³/mol. The van der Waals surface area contributed by atoms with Crippen molar-refractivity contribution < 1.29 is 4.79 Å². The van der Waals surface area contributed by atoms with Crippen molar-refractivity contribution in [2.75, 3.05) is 24.7 Å². The first kappa shape index (κ1) is 12.5. The van der Waals surface area contributed by atoms with Crippen LogP contribution < -0.4 is 10.6 Å². The van der Waals surface area contributed by atoms with Crippen LogP contribution in [0.1, 0.15) is 12.8 Å². The molecular weight excluding hydrogens is 232 g/mol. The molecular formula is C13H18N2OS. The SMILES string of the molecule is CSc1cccc(NC(=O)C2CCCNC2)c1. The van der Waals surface area contributed by atoms with Gasteiger partial charge in [0.05, 0.1) is 5.92 Å². The summed E-state index contributed by atoms with van der Waals surface area (Å²) >= 11 is 1.68. The van der Waals surface area contributed by atoms with E-state index in [1.54, 1.807) is 11.8 Å². The number of anilines is 1. The third-order valence-electron chi connectivity index (χ3n) is 3.00. The first-order valence-electron chi connectivity index (χ1n) is 5.95. The van der Waals surface area contributed by atoms with Crippen molar-refractivity contribution in [2.24, 2.45) is 5.92 Å². The fraction of sp³-hybridized carbons (Fsp3) is 0.462. The molecule has 0 spiro atoms. The number of hydrogen-bond donors (Lipinski definition) is 2. The van der Waals surface area contributed by atoms with E-state index in [2.05, 4.69) is 10.6 Å². The minimum Gasteiger partial charge on any atom is -0.326 e. The Labute approximate surface area is 106 Å². The number of amides is 1. The summed E-state index contributed by atoms with van der Waals surface area (Å²) < 4.78 is 0. The number of rotatable bonds is 3. The average molecular weight is 250 g/mol. The number of hydrogen-bond acceptors (Lipinski definition) is 3. The second kappa shape index (κ2) is 6.07. The van der Waals surface area contributed by atoms with Gasteiger partial charge in [-0.25, -0.2) is 0 Å². The molecule has 1 aliphatic heterocycles. The Morgan fingerprint density at radius 3 is 3.12 bits per heavy atom. The van der Waals surface area contributed by atoms with Crippen LogP contribution in [0, 0.1) is 5.92 Å². The van der Waals surface area contributed by atoms with E-state index in [1.807, 2.05) is 30.5 Å². The smallest absolute Gasteiger partial charge is 0.228 e. The van der Waals surface area contributed by atoms with Crippen LogP contribution in [0.2, 0.25) is 0 Å². The Hall–Kier alpha value is -1.00. The highest BCUT2D eigenvalue weighted by molar-refractivity contribution is 7.98. The molecule has 0 aromatic heterocycles. The summed E-state index contributed by atoms with van der Waals surface area (Å²) in [6, 6.07) is 7.97. The van der Waals surface area contributed by atoms with Gasteiger partial charge < -0.3 is 10.6 Å². The van der Waals surface area contributed by atoms with Gasteiger partial charge in [0.2, 0.25) is 5.91 Å². The Morgan fingerprint density at radius 1 is 1.53 bits per heavy atom. The quantitative estimate of drug-likeness (QED) is 0.809. The van der Waals surface area contributed by atoms with Crippen LogP contribution in [0.5, 0.6) is 0 Å². The lowest BCUT2D eigenvalue weighted by atomic mass is 9.99. The number of carbonyl (C=O) groups is 1. The van der Waals surface area contributed by atoms with Gasteiger partial charge in [0.1, 0.15) is 0 Å². The van der Waals surface area contributed by atoms with Crippen molar-refractivity contribution in [1.82, 2.24) is 5.32 Å². The van der Waals surface area contributed by atoms with Gasteiger partial charge in [-0.1, -0.05) is 6.07 Å². The molecule has 0 radical (unpaired) electrons. The van der Waals surface area contributed by atoms with Crippen molar-refractivity contribution in [3.63, 3.8) is 0 Å². The van der Waals surface area contributed by atoms with Crippen molar-refractivity contribution in [1.29, 1.82) is 0 Å². The second-order valence-electron chi connectivity index (χ2n) is 4.26. The van der Waals surface area contributed by atoms with Crippen LogP contribution in [0.25, 0.3) is 0 Å². The minimum atomic E-state index is 0.113. The fourth-order valence-corrected chi connectivity index (χ4v) is 2.48. The highest BCUT2D eigenvalue weighted by Gasteiger charge is 2.20. The number of benzene rings is 1. The molecule has 3 nitrogen and oxygen atoms in total. The number of nitrogens with one attached hydrogen (secondary N) is 2. The minimum absolute atomic E-state index is 0.113. The van der Waals surface area contributed by atoms with Gasteiger partial charge in [-0.15, -0.1) is 11.8 Å². The van der Waals surface area contributed by atoms with Crippen molar-refractivity contribution >= 4 is 23.4 Å². The highest BCUT2D eigenvalue weighted by Crippen LogP contribution is 2.20. The van der Waals surface area contributed by atoms with Gasteiger partial charge in [0.15, 0.2) is 0 Å². The molecule has 1 saturated heterocycles. The Kier molecular flexibility index (Phi) is 4.45. The molecule has 1 aromatic rings. The van der Waals surface area contributed by atoms with Crippen LogP contribution in [0.3, 0.4) is 0 Å². The summed E-state index contributed by atoms with van der Waals surface area (Å²) in [6.45, 7) is 1.83. The van der Waals surface area contributed by atoms with Crippen LogP contribution in [-0.2, 0) is 4.79 Å². The third kappa shape index (κ3) is 3.48. The molecule has 1 fully saturated rings. The topological polar surface area (TPSA) is 41.1 Å². The molecule has 4 heteroatoms. The molecule has 2 N–H and O–H groups in total. The molecule has 1 heterocycles. The summed E-state index contributed by atoms with van der Waals surface area (Å²) in [4.78, 5) is 13.2. The Bertz CT molecular complexity index is 389. The van der Waals surface area contributed by atoms with E-state index in [-0.39, 0.29) is 11.8 Å². The maximum Gasteiger partial charge on any atom is 0.228 e. The third-order valence-corrected chi connectivity index (χ3v) is 3.73. The van der Waals surface area contributed by atoms with Gasteiger partial charge >= 0.3 is 0 Å². The zero-order chi connectivity index (χ0) is 12.1. The van der Waals surface area contributed by atoms with Crippen molar-refractivity contribution in [3.05, 3.63) is 24.3 Å². The average Bonchev–Trinajstić information content (AvgIpc) is 2.40. The van der Waals surface area contributed by atoms with E-state index >= 15 is 0 Å². The monoisotopic (exact) mass is 250 g/mol. The lowest BCUT2D eigenvalue weighted by Crippen LogP contribution is -2.37. The van der Waals surface area contributed by atoms with Gasteiger partial charge in [0.25, 0.3) is 0 Å². The second-order valence-corrected chi connectivity index (χ2v) is 5.14.